The summed E-state index contributed by atoms with van der Waals surface area (Å²) < 4.78 is 15.1. The number of rotatable bonds is 3. The van der Waals surface area contributed by atoms with Crippen LogP contribution in [0.3, 0.4) is 0 Å². The molecular formula is C34H54N2O4Si. The standard InChI is InChI=1S/C34H54N2O4Si/c1-23-16-14-12-13-15-17-29(26-18-19-28-27(22-26)35-25(3)36(28)9)39-30(37)20-21-34(7,8)32(38)24(2)31(23)40-41(10,11)33(4,5)6/h13,15,18-19,22-24,29,31H,12,14,16-17,20-21H2,1-11H3/t23-,24+,29-,31-/m0/s1. The van der Waals surface area contributed by atoms with Gasteiger partial charge < -0.3 is 13.7 Å². The van der Waals surface area contributed by atoms with Crippen LogP contribution in [0, 0.1) is 24.2 Å². The average molecular weight is 583 g/mol. The maximum Gasteiger partial charge on any atom is 0.306 e. The van der Waals surface area contributed by atoms with Gasteiger partial charge in [-0.1, -0.05) is 66.7 Å². The van der Waals surface area contributed by atoms with Gasteiger partial charge in [0.25, 0.3) is 0 Å². The number of Topliss-reactive ketones (excluding diaryl/α,β-unsaturated/α-hetero) is 1. The van der Waals surface area contributed by atoms with E-state index < -0.39 is 19.8 Å². The molecule has 0 bridgehead atoms. The normalized spacial score (nSPS) is 25.8. The third kappa shape index (κ3) is 7.98. The number of nitrogens with zero attached hydrogens (tertiary/aromatic N) is 2. The summed E-state index contributed by atoms with van der Waals surface area (Å²) in [5.74, 6) is 0.838. The summed E-state index contributed by atoms with van der Waals surface area (Å²) in [6.45, 7) is 21.5. The Morgan fingerprint density at radius 2 is 1.80 bits per heavy atom. The number of aryl methyl sites for hydroxylation is 2. The molecule has 1 aromatic heterocycles. The molecule has 0 spiro atoms. The van der Waals surface area contributed by atoms with Crippen molar-refractivity contribution in [2.24, 2.45) is 24.3 Å². The molecule has 6 nitrogen and oxygen atoms in total. The number of hydrogen-bond donors (Lipinski definition) is 0. The third-order valence-electron chi connectivity index (χ3n) is 9.65. The van der Waals surface area contributed by atoms with Gasteiger partial charge in [-0.2, -0.15) is 0 Å². The molecule has 2 aromatic rings. The molecule has 0 N–H and O–H groups in total. The second-order valence-electron chi connectivity index (χ2n) is 14.4. The van der Waals surface area contributed by atoms with Gasteiger partial charge >= 0.3 is 5.97 Å². The molecule has 0 saturated carbocycles. The second-order valence-corrected chi connectivity index (χ2v) is 19.2. The summed E-state index contributed by atoms with van der Waals surface area (Å²) in [4.78, 5) is 31.8. The first-order valence-electron chi connectivity index (χ1n) is 15.4. The van der Waals surface area contributed by atoms with E-state index >= 15 is 0 Å². The van der Waals surface area contributed by atoms with Crippen molar-refractivity contribution in [3.05, 3.63) is 41.7 Å². The van der Waals surface area contributed by atoms with E-state index in [9.17, 15) is 9.59 Å². The van der Waals surface area contributed by atoms with E-state index in [0.29, 0.717) is 12.8 Å². The molecule has 7 heteroatoms. The Kier molecular flexibility index (Phi) is 10.5. The van der Waals surface area contributed by atoms with Crippen LogP contribution in [0.5, 0.6) is 0 Å². The van der Waals surface area contributed by atoms with E-state index in [-0.39, 0.29) is 41.2 Å². The number of benzene rings is 1. The molecule has 1 aliphatic heterocycles. The number of carbonyl (C=O) groups excluding carboxylic acids is 2. The summed E-state index contributed by atoms with van der Waals surface area (Å²) in [5.41, 5.74) is 2.24. The number of allylic oxidation sites excluding steroid dienone is 1. The van der Waals surface area contributed by atoms with Gasteiger partial charge in [-0.3, -0.25) is 9.59 Å². The highest BCUT2D eigenvalue weighted by atomic mass is 28.4. The number of esters is 1. The Morgan fingerprint density at radius 1 is 1.12 bits per heavy atom. The molecule has 0 radical (unpaired) electrons. The summed E-state index contributed by atoms with van der Waals surface area (Å²) in [6, 6.07) is 6.12. The fourth-order valence-electron chi connectivity index (χ4n) is 5.60. The molecule has 4 atom stereocenters. The molecule has 0 unspecified atom stereocenters. The predicted octanol–water partition coefficient (Wildman–Crippen LogP) is 8.63. The highest BCUT2D eigenvalue weighted by Crippen LogP contribution is 2.41. The number of ketones is 1. The molecule has 228 valence electrons. The molecule has 0 fully saturated rings. The van der Waals surface area contributed by atoms with Crippen molar-refractivity contribution >= 4 is 31.1 Å². The summed E-state index contributed by atoms with van der Waals surface area (Å²) in [5, 5.41) is 0.0588. The Labute approximate surface area is 249 Å². The van der Waals surface area contributed by atoms with Gasteiger partial charge in [0.2, 0.25) is 0 Å². The molecule has 0 amide bonds. The number of carbonyl (C=O) groups is 2. The van der Waals surface area contributed by atoms with Crippen LogP contribution in [-0.2, 0) is 25.8 Å². The van der Waals surface area contributed by atoms with Crippen molar-refractivity contribution in [2.45, 2.75) is 124 Å². The third-order valence-corrected chi connectivity index (χ3v) is 14.1. The topological polar surface area (TPSA) is 70.4 Å². The zero-order valence-electron chi connectivity index (χ0n) is 27.5. The molecular weight excluding hydrogens is 528 g/mol. The summed E-state index contributed by atoms with van der Waals surface area (Å²) in [6.07, 6.45) is 8.00. The Morgan fingerprint density at radius 3 is 2.46 bits per heavy atom. The van der Waals surface area contributed by atoms with Gasteiger partial charge in [0.1, 0.15) is 17.7 Å². The van der Waals surface area contributed by atoms with Crippen LogP contribution in [0.4, 0.5) is 0 Å². The first-order chi connectivity index (χ1) is 18.9. The van der Waals surface area contributed by atoms with Crippen LogP contribution >= 0.6 is 0 Å². The van der Waals surface area contributed by atoms with Gasteiger partial charge in [0.05, 0.1) is 17.1 Å². The van der Waals surface area contributed by atoms with Gasteiger partial charge in [0, 0.05) is 31.2 Å². The van der Waals surface area contributed by atoms with Crippen molar-refractivity contribution < 1.29 is 18.8 Å². The summed E-state index contributed by atoms with van der Waals surface area (Å²) >= 11 is 0. The highest BCUT2D eigenvalue weighted by molar-refractivity contribution is 6.74. The van der Waals surface area contributed by atoms with E-state index in [2.05, 4.69) is 62.5 Å². The molecule has 1 aliphatic rings. The molecule has 1 aromatic carbocycles. The molecule has 2 heterocycles. The highest BCUT2D eigenvalue weighted by Gasteiger charge is 2.44. The summed E-state index contributed by atoms with van der Waals surface area (Å²) in [7, 11) is -0.0853. The van der Waals surface area contributed by atoms with Crippen LogP contribution in [0.15, 0.2) is 30.4 Å². The van der Waals surface area contributed by atoms with E-state index in [1.54, 1.807) is 0 Å². The Hall–Kier alpha value is -2.25. The van der Waals surface area contributed by atoms with Crippen molar-refractivity contribution in [1.82, 2.24) is 9.55 Å². The quantitative estimate of drug-likeness (QED) is 0.206. The largest absolute Gasteiger partial charge is 0.457 e. The number of cyclic esters (lactones) is 1. The minimum absolute atomic E-state index is 0.0588. The molecule has 3 rings (SSSR count). The second kappa shape index (κ2) is 12.9. The smallest absolute Gasteiger partial charge is 0.306 e. The Balaban J connectivity index is 1.87. The van der Waals surface area contributed by atoms with Crippen LogP contribution in [-0.4, -0.2) is 35.7 Å². The van der Waals surface area contributed by atoms with Crippen LogP contribution < -0.4 is 0 Å². The lowest BCUT2D eigenvalue weighted by Crippen LogP contribution is -2.50. The maximum absolute atomic E-state index is 14.0. The monoisotopic (exact) mass is 582 g/mol. The van der Waals surface area contributed by atoms with Gasteiger partial charge in [-0.05, 0) is 74.4 Å². The van der Waals surface area contributed by atoms with Crippen LogP contribution in [0.1, 0.15) is 104 Å². The first-order valence-corrected chi connectivity index (χ1v) is 18.3. The van der Waals surface area contributed by atoms with E-state index in [4.69, 9.17) is 9.16 Å². The SMILES string of the molecule is Cc1nc2cc([C@@H]3CC=CCCC[C@H](C)[C@H](O[Si](C)(C)C(C)(C)C)[C@@H](C)C(=O)C(C)(C)CCC(=O)O3)ccc2n1C. The number of fused-ring (bicyclic) bond motifs is 1. The zero-order chi connectivity index (χ0) is 30.8. The van der Waals surface area contributed by atoms with Crippen molar-refractivity contribution in [1.29, 1.82) is 0 Å². The lowest BCUT2D eigenvalue weighted by atomic mass is 9.74. The Bertz CT molecular complexity index is 1250. The first kappa shape index (κ1) is 33.3. The lowest BCUT2D eigenvalue weighted by Gasteiger charge is -2.43. The molecule has 41 heavy (non-hydrogen) atoms. The lowest BCUT2D eigenvalue weighted by molar-refractivity contribution is -0.150. The minimum atomic E-state index is -2.09. The van der Waals surface area contributed by atoms with Crippen molar-refractivity contribution in [3.8, 4) is 0 Å². The van der Waals surface area contributed by atoms with Crippen molar-refractivity contribution in [3.63, 3.8) is 0 Å². The number of hydrogen-bond acceptors (Lipinski definition) is 5. The minimum Gasteiger partial charge on any atom is -0.457 e. The van der Waals surface area contributed by atoms with Gasteiger partial charge in [-0.25, -0.2) is 4.98 Å². The fourth-order valence-corrected chi connectivity index (χ4v) is 7.07. The van der Waals surface area contributed by atoms with Gasteiger partial charge in [0.15, 0.2) is 8.32 Å². The average Bonchev–Trinajstić information content (AvgIpc) is 3.17. The van der Waals surface area contributed by atoms with Gasteiger partial charge in [-0.15, -0.1) is 0 Å². The van der Waals surface area contributed by atoms with E-state index in [0.717, 1.165) is 41.7 Å². The van der Waals surface area contributed by atoms with E-state index in [1.165, 1.54) is 0 Å². The number of ether oxygens (including phenoxy) is 1. The zero-order valence-corrected chi connectivity index (χ0v) is 28.5. The maximum atomic E-state index is 14.0. The predicted molar refractivity (Wildman–Crippen MR) is 170 cm³/mol. The molecule has 0 aliphatic carbocycles. The number of imidazole rings is 1. The van der Waals surface area contributed by atoms with Crippen molar-refractivity contribution in [2.75, 3.05) is 0 Å². The number of aromatic nitrogens is 2. The molecule has 0 saturated heterocycles. The fraction of sp³-hybridized carbons (Fsp3) is 0.676. The van der Waals surface area contributed by atoms with E-state index in [1.807, 2.05) is 52.9 Å². The van der Waals surface area contributed by atoms with Crippen LogP contribution in [0.2, 0.25) is 18.1 Å². The van der Waals surface area contributed by atoms with Crippen LogP contribution in [0.25, 0.3) is 11.0 Å².